The van der Waals surface area contributed by atoms with Crippen LogP contribution in [0.25, 0.3) is 0 Å². The van der Waals surface area contributed by atoms with E-state index in [-0.39, 0.29) is 0 Å². The summed E-state index contributed by atoms with van der Waals surface area (Å²) in [4.78, 5) is 12.1. The van der Waals surface area contributed by atoms with Crippen molar-refractivity contribution in [2.24, 2.45) is 0 Å². The van der Waals surface area contributed by atoms with E-state index >= 15 is 0 Å². The zero-order valence-corrected chi connectivity index (χ0v) is 12.3. The first-order valence-corrected chi connectivity index (χ1v) is 7.65. The molecule has 0 aromatic heterocycles. The molecule has 104 valence electrons. The van der Waals surface area contributed by atoms with Gasteiger partial charge in [0.25, 0.3) is 0 Å². The molecule has 0 bridgehead atoms. The van der Waals surface area contributed by atoms with Crippen molar-refractivity contribution in [3.05, 3.63) is 65.2 Å². The lowest BCUT2D eigenvalue weighted by Gasteiger charge is -2.03. The molecule has 0 amide bonds. The molecule has 0 radical (unpaired) electrons. The Morgan fingerprint density at radius 1 is 1.05 bits per heavy atom. The maximum Gasteiger partial charge on any atom is 0.335 e. The summed E-state index contributed by atoms with van der Waals surface area (Å²) in [5.74, 6) is 0.204. The van der Waals surface area contributed by atoms with E-state index in [4.69, 9.17) is 5.11 Å². The molecular weight excluding hydrogens is 268 g/mol. The number of carboxylic acids is 1. The molecule has 2 aromatic rings. The minimum Gasteiger partial charge on any atom is -0.478 e. The van der Waals surface area contributed by atoms with Gasteiger partial charge in [0.05, 0.1) is 5.56 Å². The van der Waals surface area contributed by atoms with E-state index < -0.39 is 5.97 Å². The van der Waals surface area contributed by atoms with Crippen LogP contribution in [0.3, 0.4) is 0 Å². The summed E-state index contributed by atoms with van der Waals surface area (Å²) in [7, 11) is 0. The van der Waals surface area contributed by atoms with Gasteiger partial charge < -0.3 is 5.11 Å². The van der Waals surface area contributed by atoms with Crippen LogP contribution in [0.1, 0.15) is 27.9 Å². The van der Waals surface area contributed by atoms with Crippen LogP contribution in [0.5, 0.6) is 0 Å². The molecule has 0 fully saturated rings. The van der Waals surface area contributed by atoms with Gasteiger partial charge in [-0.15, -0.1) is 11.8 Å². The van der Waals surface area contributed by atoms with Crippen LogP contribution in [0, 0.1) is 6.92 Å². The van der Waals surface area contributed by atoms with Crippen LogP contribution in [-0.4, -0.2) is 16.8 Å². The standard InChI is InChI=1S/C17H18O2S/c1-13-4-10-16(11-5-13)20-12-2-3-14-6-8-15(9-7-14)17(18)19/h4-11H,2-3,12H2,1H3,(H,18,19). The first kappa shape index (κ1) is 14.7. The molecule has 0 aliphatic carbocycles. The Morgan fingerprint density at radius 2 is 1.70 bits per heavy atom. The Hall–Kier alpha value is -1.74. The topological polar surface area (TPSA) is 37.3 Å². The summed E-state index contributed by atoms with van der Waals surface area (Å²) in [5, 5.41) is 8.83. The zero-order chi connectivity index (χ0) is 14.4. The zero-order valence-electron chi connectivity index (χ0n) is 11.5. The average molecular weight is 286 g/mol. The molecular formula is C17H18O2S. The number of carbonyl (C=O) groups is 1. The van der Waals surface area contributed by atoms with Gasteiger partial charge in [0.1, 0.15) is 0 Å². The van der Waals surface area contributed by atoms with Gasteiger partial charge >= 0.3 is 5.97 Å². The minimum atomic E-state index is -0.869. The summed E-state index contributed by atoms with van der Waals surface area (Å²) in [6, 6.07) is 15.7. The van der Waals surface area contributed by atoms with Crippen molar-refractivity contribution in [3.8, 4) is 0 Å². The van der Waals surface area contributed by atoms with Gasteiger partial charge in [-0.1, -0.05) is 29.8 Å². The van der Waals surface area contributed by atoms with Crippen molar-refractivity contribution in [2.75, 3.05) is 5.75 Å². The molecule has 2 aromatic carbocycles. The third-order valence-corrected chi connectivity index (χ3v) is 4.20. The fourth-order valence-electron chi connectivity index (χ4n) is 1.91. The summed E-state index contributed by atoms with van der Waals surface area (Å²) >= 11 is 1.86. The number of carboxylic acid groups (broad SMARTS) is 1. The molecule has 0 spiro atoms. The van der Waals surface area contributed by atoms with Crippen molar-refractivity contribution in [1.82, 2.24) is 0 Å². The van der Waals surface area contributed by atoms with Crippen molar-refractivity contribution < 1.29 is 9.90 Å². The van der Waals surface area contributed by atoms with Crippen LogP contribution < -0.4 is 0 Å². The summed E-state index contributed by atoms with van der Waals surface area (Å²) in [6.45, 7) is 2.09. The quantitative estimate of drug-likeness (QED) is 0.631. The highest BCUT2D eigenvalue weighted by molar-refractivity contribution is 7.99. The fraction of sp³-hybridized carbons (Fsp3) is 0.235. The highest BCUT2D eigenvalue weighted by Crippen LogP contribution is 2.20. The Labute approximate surface area is 123 Å². The fourth-order valence-corrected chi connectivity index (χ4v) is 2.77. The summed E-state index contributed by atoms with van der Waals surface area (Å²) in [5.41, 5.74) is 2.83. The van der Waals surface area contributed by atoms with Crippen LogP contribution in [-0.2, 0) is 6.42 Å². The number of rotatable bonds is 6. The van der Waals surface area contributed by atoms with Crippen LogP contribution in [0.4, 0.5) is 0 Å². The number of benzene rings is 2. The largest absolute Gasteiger partial charge is 0.478 e. The Bertz CT molecular complexity index is 559. The molecule has 0 atom stereocenters. The second-order valence-electron chi connectivity index (χ2n) is 4.77. The Morgan fingerprint density at radius 3 is 2.30 bits per heavy atom. The second-order valence-corrected chi connectivity index (χ2v) is 5.94. The third-order valence-electron chi connectivity index (χ3n) is 3.10. The third kappa shape index (κ3) is 4.42. The van der Waals surface area contributed by atoms with Gasteiger partial charge in [-0.05, 0) is 55.3 Å². The molecule has 1 N–H and O–H groups in total. The molecule has 0 heterocycles. The van der Waals surface area contributed by atoms with E-state index in [1.54, 1.807) is 12.1 Å². The van der Waals surface area contributed by atoms with Gasteiger partial charge in [-0.25, -0.2) is 4.79 Å². The van der Waals surface area contributed by atoms with E-state index in [0.29, 0.717) is 5.56 Å². The van der Waals surface area contributed by atoms with E-state index in [1.165, 1.54) is 16.0 Å². The number of hydrogen-bond acceptors (Lipinski definition) is 2. The molecule has 2 nitrogen and oxygen atoms in total. The van der Waals surface area contributed by atoms with Gasteiger partial charge in [0.2, 0.25) is 0 Å². The predicted molar refractivity (Wildman–Crippen MR) is 83.6 cm³/mol. The van der Waals surface area contributed by atoms with Crippen molar-refractivity contribution in [1.29, 1.82) is 0 Å². The first-order chi connectivity index (χ1) is 9.65. The lowest BCUT2D eigenvalue weighted by atomic mass is 10.1. The van der Waals surface area contributed by atoms with Gasteiger partial charge in [0.15, 0.2) is 0 Å². The number of aryl methyl sites for hydroxylation is 2. The molecule has 0 saturated heterocycles. The number of hydrogen-bond donors (Lipinski definition) is 1. The number of aromatic carboxylic acids is 1. The van der Waals surface area contributed by atoms with Gasteiger partial charge in [0, 0.05) is 4.90 Å². The second kappa shape index (κ2) is 7.15. The highest BCUT2D eigenvalue weighted by Gasteiger charge is 2.01. The summed E-state index contributed by atoms with van der Waals surface area (Å²) in [6.07, 6.45) is 2.07. The normalized spacial score (nSPS) is 10.4. The Kier molecular flexibility index (Phi) is 5.24. The lowest BCUT2D eigenvalue weighted by molar-refractivity contribution is 0.0697. The molecule has 3 heteroatoms. The maximum atomic E-state index is 10.8. The molecule has 0 unspecified atom stereocenters. The molecule has 0 aliphatic heterocycles. The summed E-state index contributed by atoms with van der Waals surface area (Å²) < 4.78 is 0. The van der Waals surface area contributed by atoms with Gasteiger partial charge in [-0.3, -0.25) is 0 Å². The van der Waals surface area contributed by atoms with Crippen LogP contribution in [0.15, 0.2) is 53.4 Å². The molecule has 0 aliphatic rings. The maximum absolute atomic E-state index is 10.8. The molecule has 20 heavy (non-hydrogen) atoms. The number of thioether (sulfide) groups is 1. The minimum absolute atomic E-state index is 0.350. The SMILES string of the molecule is Cc1ccc(SCCCc2ccc(C(=O)O)cc2)cc1. The monoisotopic (exact) mass is 286 g/mol. The Balaban J connectivity index is 1.75. The van der Waals surface area contributed by atoms with Crippen LogP contribution >= 0.6 is 11.8 Å². The van der Waals surface area contributed by atoms with Crippen molar-refractivity contribution in [2.45, 2.75) is 24.7 Å². The molecule has 2 rings (SSSR count). The van der Waals surface area contributed by atoms with E-state index in [1.807, 2.05) is 23.9 Å². The van der Waals surface area contributed by atoms with Crippen LogP contribution in [0.2, 0.25) is 0 Å². The highest BCUT2D eigenvalue weighted by atomic mass is 32.2. The van der Waals surface area contributed by atoms with E-state index in [0.717, 1.165) is 18.6 Å². The van der Waals surface area contributed by atoms with E-state index in [2.05, 4.69) is 31.2 Å². The van der Waals surface area contributed by atoms with E-state index in [9.17, 15) is 4.79 Å². The smallest absolute Gasteiger partial charge is 0.335 e. The predicted octanol–water partition coefficient (Wildman–Crippen LogP) is 4.42. The van der Waals surface area contributed by atoms with Crippen molar-refractivity contribution in [3.63, 3.8) is 0 Å². The molecule has 0 saturated carbocycles. The van der Waals surface area contributed by atoms with Gasteiger partial charge in [-0.2, -0.15) is 0 Å². The average Bonchev–Trinajstić information content (AvgIpc) is 2.46. The first-order valence-electron chi connectivity index (χ1n) is 6.67. The lowest BCUT2D eigenvalue weighted by Crippen LogP contribution is -1.96. The van der Waals surface area contributed by atoms with Crippen molar-refractivity contribution >= 4 is 17.7 Å².